The molecule has 0 radical (unpaired) electrons. The van der Waals surface area contributed by atoms with Crippen LogP contribution in [-0.4, -0.2) is 45.5 Å². The number of anilines is 2. The van der Waals surface area contributed by atoms with Crippen molar-refractivity contribution in [1.82, 2.24) is 19.7 Å². The number of hydrogen-bond donors (Lipinski definition) is 1. The highest BCUT2D eigenvalue weighted by molar-refractivity contribution is 5.70. The molecule has 2 aromatic heterocycles. The lowest BCUT2D eigenvalue weighted by atomic mass is 10.3. The molecule has 0 aliphatic carbocycles. The predicted molar refractivity (Wildman–Crippen MR) is 80.3 cm³/mol. The molecular weight excluding hydrogens is 268 g/mol. The highest BCUT2D eigenvalue weighted by Crippen LogP contribution is 2.28. The summed E-state index contributed by atoms with van der Waals surface area (Å²) < 4.78 is 7.33. The summed E-state index contributed by atoms with van der Waals surface area (Å²) in [6.45, 7) is 5.86. The monoisotopic (exact) mass is 286 g/mol. The zero-order valence-electron chi connectivity index (χ0n) is 11.7. The number of ether oxygens (including phenoxy) is 1. The minimum absolute atomic E-state index is 0.186. The van der Waals surface area contributed by atoms with Gasteiger partial charge in [0.05, 0.1) is 12.7 Å². The first-order chi connectivity index (χ1) is 10.3. The predicted octanol–water partition coefficient (Wildman–Crippen LogP) is 1.03. The first-order valence-electron chi connectivity index (χ1n) is 6.87. The molecule has 0 spiro atoms. The van der Waals surface area contributed by atoms with Crippen molar-refractivity contribution < 1.29 is 4.74 Å². The van der Waals surface area contributed by atoms with Gasteiger partial charge in [0.1, 0.15) is 12.0 Å². The van der Waals surface area contributed by atoms with Crippen molar-refractivity contribution in [2.75, 3.05) is 30.3 Å². The molecule has 0 bridgehead atoms. The van der Waals surface area contributed by atoms with Gasteiger partial charge in [-0.1, -0.05) is 6.08 Å². The van der Waals surface area contributed by atoms with E-state index in [-0.39, 0.29) is 6.10 Å². The van der Waals surface area contributed by atoms with Crippen LogP contribution in [0.15, 0.2) is 37.4 Å². The summed E-state index contributed by atoms with van der Waals surface area (Å²) in [4.78, 5) is 10.7. The van der Waals surface area contributed by atoms with E-state index < -0.39 is 0 Å². The van der Waals surface area contributed by atoms with Crippen molar-refractivity contribution in [3.05, 3.63) is 37.4 Å². The molecule has 1 aliphatic rings. The zero-order chi connectivity index (χ0) is 14.7. The van der Waals surface area contributed by atoms with Crippen LogP contribution in [0.5, 0.6) is 0 Å². The fourth-order valence-corrected chi connectivity index (χ4v) is 2.47. The van der Waals surface area contributed by atoms with Gasteiger partial charge < -0.3 is 15.4 Å². The maximum atomic E-state index is 6.22. The molecule has 0 amide bonds. The molecule has 0 saturated carbocycles. The van der Waals surface area contributed by atoms with E-state index in [2.05, 4.69) is 26.5 Å². The van der Waals surface area contributed by atoms with Crippen molar-refractivity contribution >= 4 is 11.5 Å². The normalized spacial score (nSPS) is 18.1. The number of rotatable bonds is 5. The van der Waals surface area contributed by atoms with Crippen LogP contribution in [0.3, 0.4) is 0 Å². The van der Waals surface area contributed by atoms with Gasteiger partial charge in [-0.2, -0.15) is 5.10 Å². The van der Waals surface area contributed by atoms with E-state index in [1.54, 1.807) is 17.0 Å². The quantitative estimate of drug-likeness (QED) is 0.827. The summed E-state index contributed by atoms with van der Waals surface area (Å²) in [5.74, 6) is 1.33. The number of hydrogen-bond acceptors (Lipinski definition) is 6. The van der Waals surface area contributed by atoms with E-state index in [9.17, 15) is 0 Å². The van der Waals surface area contributed by atoms with E-state index in [1.165, 1.54) is 6.33 Å². The average Bonchev–Trinajstić information content (AvgIpc) is 3.17. The van der Waals surface area contributed by atoms with Crippen LogP contribution >= 0.6 is 0 Å². The maximum absolute atomic E-state index is 6.22. The minimum atomic E-state index is 0.186. The molecule has 2 aromatic rings. The topological polar surface area (TPSA) is 82.1 Å². The zero-order valence-corrected chi connectivity index (χ0v) is 11.7. The second-order valence-electron chi connectivity index (χ2n) is 4.86. The van der Waals surface area contributed by atoms with Gasteiger partial charge in [-0.3, -0.25) is 0 Å². The lowest BCUT2D eigenvalue weighted by Crippen LogP contribution is -2.25. The van der Waals surface area contributed by atoms with Gasteiger partial charge in [-0.05, 0) is 12.5 Å². The van der Waals surface area contributed by atoms with Crippen LogP contribution in [0.25, 0.3) is 5.82 Å². The molecule has 1 saturated heterocycles. The van der Waals surface area contributed by atoms with Crippen LogP contribution in [-0.2, 0) is 4.74 Å². The molecule has 110 valence electrons. The fourth-order valence-electron chi connectivity index (χ4n) is 2.47. The molecule has 0 aromatic carbocycles. The van der Waals surface area contributed by atoms with Crippen molar-refractivity contribution in [3.8, 4) is 5.82 Å². The standard InChI is InChI=1S/C14H18N6O/c1-2-8-21-11-4-7-19(9-11)13-12(15)14(17-10-16-13)20-6-3-5-18-20/h2-3,5-6,10-11H,1,4,7-9,15H2. The highest BCUT2D eigenvalue weighted by Gasteiger charge is 2.26. The maximum Gasteiger partial charge on any atom is 0.181 e. The number of nitrogen functional groups attached to an aromatic ring is 1. The lowest BCUT2D eigenvalue weighted by molar-refractivity contribution is 0.0909. The van der Waals surface area contributed by atoms with Crippen LogP contribution < -0.4 is 10.6 Å². The van der Waals surface area contributed by atoms with Gasteiger partial charge in [0.25, 0.3) is 0 Å². The first kappa shape index (κ1) is 13.6. The molecule has 7 heteroatoms. The summed E-state index contributed by atoms with van der Waals surface area (Å²) in [6, 6.07) is 1.83. The van der Waals surface area contributed by atoms with Crippen molar-refractivity contribution in [2.45, 2.75) is 12.5 Å². The van der Waals surface area contributed by atoms with Gasteiger partial charge in [0, 0.05) is 25.5 Å². The number of aromatic nitrogens is 4. The summed E-state index contributed by atoms with van der Waals surface area (Å²) in [6.07, 6.45) is 7.91. The van der Waals surface area contributed by atoms with Crippen LogP contribution in [0.4, 0.5) is 11.5 Å². The van der Waals surface area contributed by atoms with E-state index in [4.69, 9.17) is 10.5 Å². The van der Waals surface area contributed by atoms with Gasteiger partial charge >= 0.3 is 0 Å². The number of nitrogens with zero attached hydrogens (tertiary/aromatic N) is 5. The third-order valence-corrected chi connectivity index (χ3v) is 3.46. The Morgan fingerprint density at radius 2 is 2.29 bits per heavy atom. The molecule has 2 N–H and O–H groups in total. The van der Waals surface area contributed by atoms with Gasteiger partial charge in [-0.25, -0.2) is 14.6 Å². The Balaban J connectivity index is 1.80. The second kappa shape index (κ2) is 5.92. The van der Waals surface area contributed by atoms with Gasteiger partial charge in [-0.15, -0.1) is 6.58 Å². The summed E-state index contributed by atoms with van der Waals surface area (Å²) >= 11 is 0. The Kier molecular flexibility index (Phi) is 3.83. The molecule has 1 aliphatic heterocycles. The van der Waals surface area contributed by atoms with E-state index in [0.717, 1.165) is 25.3 Å². The van der Waals surface area contributed by atoms with Crippen molar-refractivity contribution in [2.24, 2.45) is 0 Å². The number of nitrogens with two attached hydrogens (primary N) is 1. The van der Waals surface area contributed by atoms with E-state index in [0.29, 0.717) is 18.1 Å². The highest BCUT2D eigenvalue weighted by atomic mass is 16.5. The largest absolute Gasteiger partial charge is 0.393 e. The van der Waals surface area contributed by atoms with Crippen molar-refractivity contribution in [3.63, 3.8) is 0 Å². The Morgan fingerprint density at radius 1 is 1.43 bits per heavy atom. The van der Waals surface area contributed by atoms with E-state index in [1.807, 2.05) is 12.3 Å². The Labute approximate surface area is 123 Å². The third kappa shape index (κ3) is 2.73. The molecule has 3 heterocycles. The average molecular weight is 286 g/mol. The van der Waals surface area contributed by atoms with E-state index >= 15 is 0 Å². The summed E-state index contributed by atoms with van der Waals surface area (Å²) in [5.41, 5.74) is 6.75. The molecular formula is C14H18N6O. The van der Waals surface area contributed by atoms with Crippen LogP contribution in [0.2, 0.25) is 0 Å². The Bertz CT molecular complexity index is 612. The SMILES string of the molecule is C=CCOC1CCN(c2ncnc(-n3cccn3)c2N)C1. The molecule has 1 unspecified atom stereocenters. The lowest BCUT2D eigenvalue weighted by Gasteiger charge is -2.20. The van der Waals surface area contributed by atoms with Gasteiger partial charge in [0.15, 0.2) is 11.6 Å². The Morgan fingerprint density at radius 3 is 3.05 bits per heavy atom. The van der Waals surface area contributed by atoms with Gasteiger partial charge in [0.2, 0.25) is 0 Å². The minimum Gasteiger partial charge on any atom is -0.393 e. The molecule has 21 heavy (non-hydrogen) atoms. The molecule has 1 atom stereocenters. The molecule has 3 rings (SSSR count). The van der Waals surface area contributed by atoms with Crippen LogP contribution in [0, 0.1) is 0 Å². The third-order valence-electron chi connectivity index (χ3n) is 3.46. The first-order valence-corrected chi connectivity index (χ1v) is 6.87. The smallest absolute Gasteiger partial charge is 0.181 e. The van der Waals surface area contributed by atoms with Crippen molar-refractivity contribution in [1.29, 1.82) is 0 Å². The Hall–Kier alpha value is -2.41. The van der Waals surface area contributed by atoms with Crippen LogP contribution in [0.1, 0.15) is 6.42 Å². The summed E-state index contributed by atoms with van der Waals surface area (Å²) in [7, 11) is 0. The second-order valence-corrected chi connectivity index (χ2v) is 4.86. The summed E-state index contributed by atoms with van der Waals surface area (Å²) in [5, 5.41) is 4.16. The molecule has 1 fully saturated rings. The molecule has 7 nitrogen and oxygen atoms in total. The fraction of sp³-hybridized carbons (Fsp3) is 0.357.